The van der Waals surface area contributed by atoms with E-state index in [0.717, 1.165) is 6.42 Å². The minimum atomic E-state index is -0.0754. The topological polar surface area (TPSA) is 26.3 Å². The van der Waals surface area contributed by atoms with E-state index in [1.165, 1.54) is 32.1 Å². The Hall–Kier alpha value is 0.470. The zero-order chi connectivity index (χ0) is 9.94. The van der Waals surface area contributed by atoms with E-state index in [4.69, 9.17) is 4.74 Å². The van der Waals surface area contributed by atoms with Crippen molar-refractivity contribution < 1.29 is 9.53 Å². The van der Waals surface area contributed by atoms with Crippen molar-refractivity contribution in [3.05, 3.63) is 0 Å². The van der Waals surface area contributed by atoms with Crippen molar-refractivity contribution in [3.8, 4) is 0 Å². The minimum absolute atomic E-state index is 0. The minimum Gasteiger partial charge on any atom is -0.466 e. The van der Waals surface area contributed by atoms with Crippen LogP contribution in [-0.4, -0.2) is 42.1 Å². The van der Waals surface area contributed by atoms with Gasteiger partial charge in [0.1, 0.15) is 0 Å². The number of esters is 1. The van der Waals surface area contributed by atoms with Gasteiger partial charge < -0.3 is 4.74 Å². The normalized spacial score (nSPS) is 9.29. The van der Waals surface area contributed by atoms with E-state index in [2.05, 4.69) is 6.92 Å². The van der Waals surface area contributed by atoms with Gasteiger partial charge in [0.05, 0.1) is 6.61 Å². The maximum absolute atomic E-state index is 10.7. The maximum Gasteiger partial charge on any atom is 0.305 e. The summed E-state index contributed by atoms with van der Waals surface area (Å²) < 4.78 is 4.96. The Morgan fingerprint density at radius 2 is 1.57 bits per heavy atom. The van der Waals surface area contributed by atoms with Crippen molar-refractivity contribution in [2.24, 2.45) is 0 Å². The first-order chi connectivity index (χ1) is 6.31. The van der Waals surface area contributed by atoms with Crippen LogP contribution in [0.2, 0.25) is 0 Å². The molecule has 0 saturated carbocycles. The van der Waals surface area contributed by atoms with Crippen LogP contribution in [0.25, 0.3) is 0 Å². The van der Waals surface area contributed by atoms with E-state index < -0.39 is 0 Å². The summed E-state index contributed by atoms with van der Waals surface area (Å²) >= 11 is 0. The fourth-order valence-corrected chi connectivity index (χ4v) is 1.17. The summed E-state index contributed by atoms with van der Waals surface area (Å²) in [7, 11) is 0. The molecule has 0 amide bonds. The van der Waals surface area contributed by atoms with E-state index in [0.29, 0.717) is 13.0 Å². The van der Waals surface area contributed by atoms with Crippen LogP contribution in [0.4, 0.5) is 0 Å². The van der Waals surface area contributed by atoms with Crippen LogP contribution in [0.5, 0.6) is 0 Å². The molecule has 14 heavy (non-hydrogen) atoms. The Bertz CT molecular complexity index is 126. The molecule has 0 aliphatic heterocycles. The second-order valence-corrected chi connectivity index (χ2v) is 3.34. The van der Waals surface area contributed by atoms with Crippen molar-refractivity contribution in [2.45, 2.75) is 58.8 Å². The number of carbonyl (C=O) groups is 1. The van der Waals surface area contributed by atoms with Gasteiger partial charge in [0.25, 0.3) is 0 Å². The summed E-state index contributed by atoms with van der Waals surface area (Å²) in [4.78, 5) is 10.7. The molecule has 0 N–H and O–H groups in total. The molecular weight excluding hydrogens is 187 g/mol. The fraction of sp³-hybridized carbons (Fsp3) is 0.909. The van der Waals surface area contributed by atoms with Gasteiger partial charge >= 0.3 is 5.97 Å². The average molecular weight is 209 g/mol. The van der Waals surface area contributed by atoms with Crippen LogP contribution in [0.15, 0.2) is 0 Å². The van der Waals surface area contributed by atoms with Crippen molar-refractivity contribution in [3.63, 3.8) is 0 Å². The molecule has 0 fully saturated rings. The largest absolute Gasteiger partial charge is 0.466 e. The van der Waals surface area contributed by atoms with Crippen LogP contribution in [0.1, 0.15) is 58.8 Å². The molecule has 0 spiro atoms. The molecule has 0 rings (SSSR count). The quantitative estimate of drug-likeness (QED) is 0.349. The zero-order valence-electron chi connectivity index (χ0n) is 9.97. The molecule has 0 aromatic carbocycles. The standard InChI is InChI=1S/C11H22O2.Na/c1-3-5-6-7-8-9-10-13-11(12)4-2;/h3-10H2,1-2H3;. The first kappa shape index (κ1) is 16.9. The number of hydrogen-bond acceptors (Lipinski definition) is 2. The molecule has 0 heterocycles. The molecule has 1 radical (unpaired) electrons. The Labute approximate surface area is 110 Å². The van der Waals surface area contributed by atoms with Gasteiger partial charge in [0.2, 0.25) is 0 Å². The SMILES string of the molecule is CCCCCCCCOC(=O)CC.[Na]. The molecular formula is C11H22NaO2. The summed E-state index contributed by atoms with van der Waals surface area (Å²) in [6, 6.07) is 0. The molecule has 0 aromatic rings. The Morgan fingerprint density at radius 1 is 1.00 bits per heavy atom. The molecule has 0 atom stereocenters. The van der Waals surface area contributed by atoms with E-state index in [9.17, 15) is 4.79 Å². The Morgan fingerprint density at radius 3 is 2.14 bits per heavy atom. The molecule has 3 heteroatoms. The van der Waals surface area contributed by atoms with Gasteiger partial charge in [-0.25, -0.2) is 0 Å². The van der Waals surface area contributed by atoms with Crippen molar-refractivity contribution >= 4 is 35.5 Å². The smallest absolute Gasteiger partial charge is 0.305 e. The molecule has 0 aliphatic carbocycles. The number of hydrogen-bond donors (Lipinski definition) is 0. The second-order valence-electron chi connectivity index (χ2n) is 3.34. The maximum atomic E-state index is 10.7. The van der Waals surface area contributed by atoms with Gasteiger partial charge in [-0.3, -0.25) is 4.79 Å². The van der Waals surface area contributed by atoms with E-state index >= 15 is 0 Å². The fourth-order valence-electron chi connectivity index (χ4n) is 1.17. The summed E-state index contributed by atoms with van der Waals surface area (Å²) in [5, 5.41) is 0. The summed E-state index contributed by atoms with van der Waals surface area (Å²) in [6.45, 7) is 4.64. The Balaban J connectivity index is 0. The molecule has 0 saturated heterocycles. The van der Waals surface area contributed by atoms with Crippen LogP contribution in [0.3, 0.4) is 0 Å². The molecule has 0 aromatic heterocycles. The van der Waals surface area contributed by atoms with Gasteiger partial charge in [0, 0.05) is 36.0 Å². The number of unbranched alkanes of at least 4 members (excludes halogenated alkanes) is 5. The van der Waals surface area contributed by atoms with Gasteiger partial charge in [-0.05, 0) is 6.42 Å². The van der Waals surface area contributed by atoms with Crippen LogP contribution in [0, 0.1) is 0 Å². The summed E-state index contributed by atoms with van der Waals surface area (Å²) in [5.41, 5.74) is 0. The third-order valence-corrected chi connectivity index (χ3v) is 2.05. The van der Waals surface area contributed by atoms with Crippen LogP contribution < -0.4 is 0 Å². The first-order valence-electron chi connectivity index (χ1n) is 5.46. The average Bonchev–Trinajstić information content (AvgIpc) is 2.16. The van der Waals surface area contributed by atoms with Crippen LogP contribution >= 0.6 is 0 Å². The number of ether oxygens (including phenoxy) is 1. The number of rotatable bonds is 8. The van der Waals surface area contributed by atoms with Crippen LogP contribution in [-0.2, 0) is 9.53 Å². The van der Waals surface area contributed by atoms with E-state index in [1.807, 2.05) is 6.92 Å². The summed E-state index contributed by atoms with van der Waals surface area (Å²) in [6.07, 6.45) is 7.91. The monoisotopic (exact) mass is 209 g/mol. The predicted octanol–water partition coefficient (Wildman–Crippen LogP) is 2.92. The van der Waals surface area contributed by atoms with Gasteiger partial charge in [-0.15, -0.1) is 0 Å². The molecule has 2 nitrogen and oxygen atoms in total. The second kappa shape index (κ2) is 13.5. The molecule has 0 unspecified atom stereocenters. The van der Waals surface area contributed by atoms with Gasteiger partial charge in [-0.2, -0.15) is 0 Å². The van der Waals surface area contributed by atoms with Gasteiger partial charge in [0.15, 0.2) is 0 Å². The summed E-state index contributed by atoms with van der Waals surface area (Å²) in [5.74, 6) is -0.0754. The van der Waals surface area contributed by atoms with Crippen molar-refractivity contribution in [1.82, 2.24) is 0 Å². The third kappa shape index (κ3) is 12.5. The Kier molecular flexibility index (Phi) is 16.2. The molecule has 79 valence electrons. The van der Waals surface area contributed by atoms with Crippen molar-refractivity contribution in [1.29, 1.82) is 0 Å². The molecule has 0 bridgehead atoms. The third-order valence-electron chi connectivity index (χ3n) is 2.05. The predicted molar refractivity (Wildman–Crippen MR) is 60.4 cm³/mol. The number of carbonyl (C=O) groups excluding carboxylic acids is 1. The molecule has 0 aliphatic rings. The van der Waals surface area contributed by atoms with E-state index in [-0.39, 0.29) is 35.5 Å². The van der Waals surface area contributed by atoms with Gasteiger partial charge in [-0.1, -0.05) is 46.0 Å². The van der Waals surface area contributed by atoms with E-state index in [1.54, 1.807) is 0 Å². The first-order valence-corrected chi connectivity index (χ1v) is 5.46. The van der Waals surface area contributed by atoms with Crippen molar-refractivity contribution in [2.75, 3.05) is 6.61 Å². The zero-order valence-corrected chi connectivity index (χ0v) is 12.0.